The number of hydrogen-bond acceptors (Lipinski definition) is 8. The number of aliphatic hydroxyl groups is 2. The van der Waals surface area contributed by atoms with E-state index in [1.54, 1.807) is 54.6 Å². The monoisotopic (exact) mass is 606 g/mol. The lowest BCUT2D eigenvalue weighted by Crippen LogP contribution is -2.53. The van der Waals surface area contributed by atoms with Gasteiger partial charge in [0, 0.05) is 31.1 Å². The average molecular weight is 607 g/mol. The van der Waals surface area contributed by atoms with Crippen molar-refractivity contribution in [3.05, 3.63) is 96.1 Å². The molecule has 1 fully saturated rings. The van der Waals surface area contributed by atoms with Crippen molar-refractivity contribution in [2.45, 2.75) is 67.2 Å². The fourth-order valence-electron chi connectivity index (χ4n) is 5.56. The molecule has 1 amide bonds. The molecular weight excluding hydrogens is 568 g/mol. The maximum Gasteiger partial charge on any atom is 0.252 e. The molecule has 9 nitrogen and oxygen atoms in total. The third-order valence-electron chi connectivity index (χ3n) is 8.02. The number of amides is 1. The normalized spacial score (nSPS) is 23.7. The van der Waals surface area contributed by atoms with Gasteiger partial charge in [0.1, 0.15) is 5.75 Å². The van der Waals surface area contributed by atoms with Gasteiger partial charge in [0.05, 0.1) is 23.4 Å². The van der Waals surface area contributed by atoms with Crippen LogP contribution in [0.1, 0.15) is 55.8 Å². The van der Waals surface area contributed by atoms with Crippen molar-refractivity contribution in [3.63, 3.8) is 0 Å². The summed E-state index contributed by atoms with van der Waals surface area (Å²) in [7, 11) is -3.74. The number of carbonyl (C=O) groups is 1. The first-order chi connectivity index (χ1) is 20.8. The molecule has 228 valence electrons. The number of carbonyl (C=O) groups excluding carboxylic acids is 1. The Bertz CT molecular complexity index is 1490. The summed E-state index contributed by atoms with van der Waals surface area (Å²) in [4.78, 5) is 19.4. The third-order valence-corrected chi connectivity index (χ3v) is 9.75. The summed E-state index contributed by atoms with van der Waals surface area (Å²) in [6.07, 6.45) is 1.57. The molecule has 10 heteroatoms. The second-order valence-electron chi connectivity index (χ2n) is 11.1. The van der Waals surface area contributed by atoms with Crippen LogP contribution < -0.4 is 10.1 Å². The lowest BCUT2D eigenvalue weighted by atomic mass is 9.84. The first kappa shape index (κ1) is 30.7. The Morgan fingerprint density at radius 1 is 0.953 bits per heavy atom. The zero-order chi connectivity index (χ0) is 30.3. The summed E-state index contributed by atoms with van der Waals surface area (Å²) in [6, 6.07) is 24.4. The van der Waals surface area contributed by atoms with Crippen molar-refractivity contribution in [2.24, 2.45) is 4.99 Å². The van der Waals surface area contributed by atoms with Crippen LogP contribution in [0, 0.1) is 0 Å². The van der Waals surface area contributed by atoms with Gasteiger partial charge in [-0.1, -0.05) is 48.5 Å². The highest BCUT2D eigenvalue weighted by molar-refractivity contribution is 7.91. The summed E-state index contributed by atoms with van der Waals surface area (Å²) in [6.45, 7) is 0.413. The van der Waals surface area contributed by atoms with Crippen LogP contribution in [0.2, 0.25) is 0 Å². The number of ether oxygens (including phenoxy) is 2. The number of aliphatic hydroxyl groups excluding tert-OH is 2. The number of hydrogen-bond donors (Lipinski definition) is 3. The molecule has 0 radical (unpaired) electrons. The largest absolute Gasteiger partial charge is 0.494 e. The summed E-state index contributed by atoms with van der Waals surface area (Å²) < 4.78 is 39.0. The number of nitrogens with zero attached hydrogens (tertiary/aromatic N) is 1. The number of nitrogens with one attached hydrogen (secondary N) is 1. The van der Waals surface area contributed by atoms with E-state index in [2.05, 4.69) is 5.32 Å². The first-order valence-electron chi connectivity index (χ1n) is 14.7. The zero-order valence-corrected chi connectivity index (χ0v) is 24.8. The van der Waals surface area contributed by atoms with Gasteiger partial charge in [-0.3, -0.25) is 4.79 Å². The van der Waals surface area contributed by atoms with Gasteiger partial charge in [-0.25, -0.2) is 13.4 Å². The molecule has 1 saturated carbocycles. The fraction of sp³-hybridized carbons (Fsp3) is 0.394. The van der Waals surface area contributed by atoms with E-state index in [1.165, 1.54) is 0 Å². The van der Waals surface area contributed by atoms with Crippen LogP contribution in [-0.2, 0) is 19.4 Å². The molecule has 3 N–H and O–H groups in total. The predicted molar refractivity (Wildman–Crippen MR) is 163 cm³/mol. The van der Waals surface area contributed by atoms with Gasteiger partial charge in [-0.05, 0) is 67.6 Å². The summed E-state index contributed by atoms with van der Waals surface area (Å²) in [5.74, 6) is 0.148. The van der Waals surface area contributed by atoms with E-state index in [0.717, 1.165) is 0 Å². The Morgan fingerprint density at radius 3 is 2.26 bits per heavy atom. The van der Waals surface area contributed by atoms with Gasteiger partial charge in [0.25, 0.3) is 5.91 Å². The molecule has 0 aromatic heterocycles. The molecule has 1 aliphatic carbocycles. The van der Waals surface area contributed by atoms with Crippen molar-refractivity contribution in [3.8, 4) is 5.75 Å². The molecule has 3 aromatic carbocycles. The Hall–Kier alpha value is -3.73. The highest BCUT2D eigenvalue weighted by Gasteiger charge is 2.54. The minimum absolute atomic E-state index is 0.0369. The van der Waals surface area contributed by atoms with Gasteiger partial charge in [-0.2, -0.15) is 0 Å². The van der Waals surface area contributed by atoms with Crippen molar-refractivity contribution >= 4 is 21.6 Å². The van der Waals surface area contributed by atoms with Crippen LogP contribution in [0.3, 0.4) is 0 Å². The van der Waals surface area contributed by atoms with Gasteiger partial charge >= 0.3 is 0 Å². The molecule has 2 aliphatic rings. The number of sulfone groups is 1. The maximum absolute atomic E-state index is 14.3. The highest BCUT2D eigenvalue weighted by atomic mass is 32.2. The topological polar surface area (TPSA) is 135 Å². The van der Waals surface area contributed by atoms with Gasteiger partial charge < -0.3 is 25.0 Å². The highest BCUT2D eigenvalue weighted by Crippen LogP contribution is 2.43. The molecule has 5 rings (SSSR count). The SMILES string of the molecule is O=C(NC1CCC(O)CC1)[C@]1(CCS(=O)(=O)c2ccccc2)N=C(c2ccc(OCCCO)cc2)O[C@@H]1c1ccccc1. The average Bonchev–Trinajstić information content (AvgIpc) is 3.44. The summed E-state index contributed by atoms with van der Waals surface area (Å²) >= 11 is 0. The van der Waals surface area contributed by atoms with Crippen LogP contribution in [0.25, 0.3) is 0 Å². The lowest BCUT2D eigenvalue weighted by Gasteiger charge is -2.34. The first-order valence-corrected chi connectivity index (χ1v) is 16.4. The molecule has 0 saturated heterocycles. The zero-order valence-electron chi connectivity index (χ0n) is 24.0. The van der Waals surface area contributed by atoms with Crippen molar-refractivity contribution in [1.29, 1.82) is 0 Å². The molecule has 0 bridgehead atoms. The lowest BCUT2D eigenvalue weighted by molar-refractivity contribution is -0.130. The van der Waals surface area contributed by atoms with E-state index in [1.807, 2.05) is 30.3 Å². The Morgan fingerprint density at radius 2 is 1.60 bits per heavy atom. The van der Waals surface area contributed by atoms with Crippen molar-refractivity contribution in [1.82, 2.24) is 5.32 Å². The summed E-state index contributed by atoms with van der Waals surface area (Å²) in [5, 5.41) is 22.2. The molecule has 2 atom stereocenters. The Balaban J connectivity index is 1.52. The minimum atomic E-state index is -3.74. The predicted octanol–water partition coefficient (Wildman–Crippen LogP) is 3.99. The van der Waals surface area contributed by atoms with E-state index in [4.69, 9.17) is 19.6 Å². The molecule has 0 unspecified atom stereocenters. The smallest absolute Gasteiger partial charge is 0.252 e. The molecule has 1 heterocycles. The van der Waals surface area contributed by atoms with Crippen LogP contribution in [0.5, 0.6) is 5.75 Å². The standard InChI is InChI=1S/C33H38N2O7S/c36-21-7-22-41-28-18-12-25(13-19-28)31-35-33(30(42-31)24-8-3-1-4-9-24,32(38)34-26-14-16-27(37)17-15-26)20-23-43(39,40)29-10-5-2-6-11-29/h1-6,8-13,18-19,26-27,30,36-37H,7,14-17,20-23H2,(H,34,38)/t26?,27?,30-,33-/m1/s1. The van der Waals surface area contributed by atoms with Gasteiger partial charge in [-0.15, -0.1) is 0 Å². The van der Waals surface area contributed by atoms with E-state index in [-0.39, 0.29) is 41.7 Å². The molecular formula is C33H38N2O7S. The van der Waals surface area contributed by atoms with E-state index >= 15 is 0 Å². The van der Waals surface area contributed by atoms with Crippen LogP contribution in [0.15, 0.2) is 94.8 Å². The van der Waals surface area contributed by atoms with E-state index in [0.29, 0.717) is 55.6 Å². The van der Waals surface area contributed by atoms with Crippen LogP contribution >= 0.6 is 0 Å². The van der Waals surface area contributed by atoms with Crippen LogP contribution in [0.4, 0.5) is 0 Å². The summed E-state index contributed by atoms with van der Waals surface area (Å²) in [5.41, 5.74) is -0.237. The molecule has 0 spiro atoms. The van der Waals surface area contributed by atoms with E-state index in [9.17, 15) is 18.3 Å². The van der Waals surface area contributed by atoms with Crippen LogP contribution in [-0.4, -0.2) is 67.1 Å². The Labute approximate surface area is 252 Å². The van der Waals surface area contributed by atoms with Gasteiger partial charge in [0.2, 0.25) is 5.90 Å². The quantitative estimate of drug-likeness (QED) is 0.266. The number of rotatable bonds is 12. The number of aliphatic imine (C=N–C) groups is 1. The molecule has 1 aliphatic heterocycles. The maximum atomic E-state index is 14.3. The van der Waals surface area contributed by atoms with Crippen molar-refractivity contribution in [2.75, 3.05) is 19.0 Å². The second-order valence-corrected chi connectivity index (χ2v) is 13.2. The third kappa shape index (κ3) is 7.26. The van der Waals surface area contributed by atoms with Gasteiger partial charge in [0.15, 0.2) is 21.5 Å². The fourth-order valence-corrected chi connectivity index (χ4v) is 6.95. The Kier molecular flexibility index (Phi) is 9.79. The molecule has 43 heavy (non-hydrogen) atoms. The second kappa shape index (κ2) is 13.7. The minimum Gasteiger partial charge on any atom is -0.494 e. The number of benzene rings is 3. The van der Waals surface area contributed by atoms with E-state index < -0.39 is 27.4 Å². The molecule has 3 aromatic rings. The van der Waals surface area contributed by atoms with Crippen molar-refractivity contribution < 1.29 is 32.9 Å².